The Morgan fingerprint density at radius 3 is 2.41 bits per heavy atom. The summed E-state index contributed by atoms with van der Waals surface area (Å²) in [6, 6.07) is 15.9. The summed E-state index contributed by atoms with van der Waals surface area (Å²) in [6.07, 6.45) is 0. The molecular weight excluding hydrogens is 411 g/mol. The smallest absolute Gasteiger partial charge is 0.269 e. The molecule has 0 aliphatic carbocycles. The molecule has 7 heteroatoms. The molecule has 0 saturated carbocycles. The molecule has 0 amide bonds. The molecular formula is C22H20Cl2N2O3. The second-order valence-electron chi connectivity index (χ2n) is 6.76. The molecule has 0 spiro atoms. The Balaban J connectivity index is 1.76. The van der Waals surface area contributed by atoms with Gasteiger partial charge in [0.1, 0.15) is 12.4 Å². The van der Waals surface area contributed by atoms with Crippen LogP contribution < -0.4 is 10.1 Å². The number of nitro benzene ring substituents is 1. The van der Waals surface area contributed by atoms with E-state index in [-0.39, 0.29) is 12.3 Å². The second-order valence-corrected chi connectivity index (χ2v) is 7.60. The van der Waals surface area contributed by atoms with E-state index < -0.39 is 4.92 Å². The highest BCUT2D eigenvalue weighted by Gasteiger charge is 2.12. The summed E-state index contributed by atoms with van der Waals surface area (Å²) in [5, 5.41) is 15.1. The summed E-state index contributed by atoms with van der Waals surface area (Å²) in [7, 11) is 0. The largest absolute Gasteiger partial charge is 0.487 e. The Bertz CT molecular complexity index is 1040. The van der Waals surface area contributed by atoms with Crippen molar-refractivity contribution in [1.82, 2.24) is 0 Å². The summed E-state index contributed by atoms with van der Waals surface area (Å²) in [5.74, 6) is 0.534. The van der Waals surface area contributed by atoms with Gasteiger partial charge in [-0.1, -0.05) is 40.9 Å². The number of benzene rings is 3. The second kappa shape index (κ2) is 9.16. The van der Waals surface area contributed by atoms with Gasteiger partial charge in [0, 0.05) is 35.0 Å². The number of non-ortho nitro benzene ring substituents is 1. The molecule has 5 nitrogen and oxygen atoms in total. The van der Waals surface area contributed by atoms with Gasteiger partial charge < -0.3 is 10.1 Å². The molecule has 150 valence electrons. The molecule has 0 aliphatic heterocycles. The van der Waals surface area contributed by atoms with Gasteiger partial charge in [-0.3, -0.25) is 10.1 Å². The van der Waals surface area contributed by atoms with Gasteiger partial charge in [-0.15, -0.1) is 0 Å². The van der Waals surface area contributed by atoms with Crippen LogP contribution >= 0.6 is 23.2 Å². The standard InChI is InChI=1S/C22H20Cl2N2O3/c1-14-3-8-21(15(2)9-14)25-12-17-10-18(23)11-20(24)22(17)29-13-16-4-6-19(7-5-16)26(27)28/h3-11,25H,12-13H2,1-2H3. The molecule has 3 aromatic carbocycles. The lowest BCUT2D eigenvalue weighted by Gasteiger charge is -2.16. The van der Waals surface area contributed by atoms with Crippen LogP contribution in [0.2, 0.25) is 10.0 Å². The third-order valence-electron chi connectivity index (χ3n) is 4.47. The molecule has 1 N–H and O–H groups in total. The maximum atomic E-state index is 10.8. The zero-order chi connectivity index (χ0) is 21.0. The van der Waals surface area contributed by atoms with Crippen LogP contribution in [0.15, 0.2) is 54.6 Å². The molecule has 0 aliphatic rings. The lowest BCUT2D eigenvalue weighted by molar-refractivity contribution is -0.384. The molecule has 0 aromatic heterocycles. The zero-order valence-electron chi connectivity index (χ0n) is 16.0. The van der Waals surface area contributed by atoms with Crippen LogP contribution in [0.25, 0.3) is 0 Å². The van der Waals surface area contributed by atoms with Crippen LogP contribution in [0.3, 0.4) is 0 Å². The first-order chi connectivity index (χ1) is 13.8. The average Bonchev–Trinajstić information content (AvgIpc) is 2.66. The molecule has 3 rings (SSSR count). The molecule has 3 aromatic rings. The Labute approximate surface area is 179 Å². The number of ether oxygens (including phenoxy) is 1. The van der Waals surface area contributed by atoms with E-state index in [0.29, 0.717) is 22.3 Å². The number of anilines is 1. The van der Waals surface area contributed by atoms with Crippen molar-refractivity contribution in [2.24, 2.45) is 0 Å². The Kier molecular flexibility index (Phi) is 6.62. The monoisotopic (exact) mass is 430 g/mol. The number of hydrogen-bond acceptors (Lipinski definition) is 4. The third-order valence-corrected chi connectivity index (χ3v) is 4.97. The summed E-state index contributed by atoms with van der Waals surface area (Å²) < 4.78 is 5.95. The fraction of sp³-hybridized carbons (Fsp3) is 0.182. The number of nitrogens with zero attached hydrogens (tertiary/aromatic N) is 1. The number of aryl methyl sites for hydroxylation is 2. The molecule has 0 heterocycles. The molecule has 0 bridgehead atoms. The molecule has 0 atom stereocenters. The SMILES string of the molecule is Cc1ccc(NCc2cc(Cl)cc(Cl)c2OCc2ccc([N+](=O)[O-])cc2)c(C)c1. The van der Waals surface area contributed by atoms with E-state index in [1.165, 1.54) is 17.7 Å². The van der Waals surface area contributed by atoms with Crippen LogP contribution in [-0.4, -0.2) is 4.92 Å². The van der Waals surface area contributed by atoms with E-state index in [2.05, 4.69) is 18.3 Å². The fourth-order valence-electron chi connectivity index (χ4n) is 2.98. The van der Waals surface area contributed by atoms with E-state index in [0.717, 1.165) is 22.4 Å². The summed E-state index contributed by atoms with van der Waals surface area (Å²) >= 11 is 12.6. The number of rotatable bonds is 7. The van der Waals surface area contributed by atoms with Crippen molar-refractivity contribution in [3.8, 4) is 5.75 Å². The topological polar surface area (TPSA) is 64.4 Å². The third kappa shape index (κ3) is 5.40. The van der Waals surface area contributed by atoms with Gasteiger partial charge >= 0.3 is 0 Å². The van der Waals surface area contributed by atoms with Crippen molar-refractivity contribution >= 4 is 34.6 Å². The fourth-order valence-corrected chi connectivity index (χ4v) is 3.57. The van der Waals surface area contributed by atoms with Crippen LogP contribution in [0.5, 0.6) is 5.75 Å². The average molecular weight is 431 g/mol. The van der Waals surface area contributed by atoms with Crippen molar-refractivity contribution in [3.63, 3.8) is 0 Å². The molecule has 0 unspecified atom stereocenters. The summed E-state index contributed by atoms with van der Waals surface area (Å²) in [4.78, 5) is 10.3. The van der Waals surface area contributed by atoms with Crippen LogP contribution in [0.4, 0.5) is 11.4 Å². The van der Waals surface area contributed by atoms with E-state index >= 15 is 0 Å². The predicted molar refractivity (Wildman–Crippen MR) is 117 cm³/mol. The number of hydrogen-bond donors (Lipinski definition) is 1. The van der Waals surface area contributed by atoms with Gasteiger partial charge in [0.15, 0.2) is 0 Å². The highest BCUT2D eigenvalue weighted by molar-refractivity contribution is 6.35. The highest BCUT2D eigenvalue weighted by Crippen LogP contribution is 2.34. The number of nitrogens with one attached hydrogen (secondary N) is 1. The van der Waals surface area contributed by atoms with Gasteiger partial charge in [-0.05, 0) is 55.3 Å². The van der Waals surface area contributed by atoms with Crippen molar-refractivity contribution in [3.05, 3.63) is 97.0 Å². The van der Waals surface area contributed by atoms with Crippen molar-refractivity contribution in [2.45, 2.75) is 27.0 Å². The van der Waals surface area contributed by atoms with Gasteiger partial charge in [-0.25, -0.2) is 0 Å². The van der Waals surface area contributed by atoms with Crippen molar-refractivity contribution in [2.75, 3.05) is 5.32 Å². The van der Waals surface area contributed by atoms with E-state index in [1.807, 2.05) is 25.1 Å². The van der Waals surface area contributed by atoms with E-state index in [9.17, 15) is 10.1 Å². The van der Waals surface area contributed by atoms with Crippen LogP contribution in [0, 0.1) is 24.0 Å². The Morgan fingerprint density at radius 2 is 1.76 bits per heavy atom. The molecule has 0 radical (unpaired) electrons. The van der Waals surface area contributed by atoms with Crippen molar-refractivity contribution < 1.29 is 9.66 Å². The van der Waals surface area contributed by atoms with Gasteiger partial charge in [0.25, 0.3) is 5.69 Å². The zero-order valence-corrected chi connectivity index (χ0v) is 17.6. The van der Waals surface area contributed by atoms with E-state index in [1.54, 1.807) is 18.2 Å². The minimum Gasteiger partial charge on any atom is -0.487 e. The normalized spacial score (nSPS) is 10.6. The quantitative estimate of drug-likeness (QED) is 0.334. The van der Waals surface area contributed by atoms with Gasteiger partial charge in [0.2, 0.25) is 0 Å². The number of halogens is 2. The summed E-state index contributed by atoms with van der Waals surface area (Å²) in [5.41, 5.74) is 5.03. The number of nitro groups is 1. The molecule has 0 fully saturated rings. The maximum Gasteiger partial charge on any atom is 0.269 e. The summed E-state index contributed by atoms with van der Waals surface area (Å²) in [6.45, 7) is 4.82. The lowest BCUT2D eigenvalue weighted by atomic mass is 10.1. The van der Waals surface area contributed by atoms with Crippen LogP contribution in [0.1, 0.15) is 22.3 Å². The first-order valence-electron chi connectivity index (χ1n) is 8.98. The lowest BCUT2D eigenvalue weighted by Crippen LogP contribution is -2.05. The predicted octanol–water partition coefficient (Wildman–Crippen LogP) is 6.71. The van der Waals surface area contributed by atoms with Gasteiger partial charge in [-0.2, -0.15) is 0 Å². The first kappa shape index (κ1) is 21.0. The maximum absolute atomic E-state index is 10.8. The Morgan fingerprint density at radius 1 is 1.03 bits per heavy atom. The minimum absolute atomic E-state index is 0.0385. The highest BCUT2D eigenvalue weighted by atomic mass is 35.5. The van der Waals surface area contributed by atoms with Gasteiger partial charge in [0.05, 0.1) is 9.95 Å². The van der Waals surface area contributed by atoms with E-state index in [4.69, 9.17) is 27.9 Å². The first-order valence-corrected chi connectivity index (χ1v) is 9.74. The van der Waals surface area contributed by atoms with Crippen LogP contribution in [-0.2, 0) is 13.2 Å². The minimum atomic E-state index is -0.433. The molecule has 29 heavy (non-hydrogen) atoms. The van der Waals surface area contributed by atoms with Crippen molar-refractivity contribution in [1.29, 1.82) is 0 Å². The Hall–Kier alpha value is -2.76. The molecule has 0 saturated heterocycles.